The standard InChI is InChI=1S/C10H9N3/c11-6-5-9-1-3-10(4-2-9)13-8-7-12/h1-4,13H,5,8H2. The molecule has 0 aliphatic rings. The van der Waals surface area contributed by atoms with Crippen molar-refractivity contribution >= 4 is 5.69 Å². The summed E-state index contributed by atoms with van der Waals surface area (Å²) < 4.78 is 0. The van der Waals surface area contributed by atoms with Gasteiger partial charge in [0.05, 0.1) is 18.6 Å². The van der Waals surface area contributed by atoms with Gasteiger partial charge in [0.2, 0.25) is 0 Å². The molecule has 0 aliphatic heterocycles. The van der Waals surface area contributed by atoms with Crippen molar-refractivity contribution in [2.24, 2.45) is 0 Å². The number of nitriles is 2. The molecule has 0 fully saturated rings. The third-order valence-corrected chi connectivity index (χ3v) is 1.61. The number of anilines is 1. The smallest absolute Gasteiger partial charge is 0.103 e. The second kappa shape index (κ2) is 4.79. The van der Waals surface area contributed by atoms with Gasteiger partial charge in [0.15, 0.2) is 0 Å². The molecule has 64 valence electrons. The Hall–Kier alpha value is -2.00. The van der Waals surface area contributed by atoms with Crippen LogP contribution in [0, 0.1) is 22.7 Å². The number of hydrogen-bond acceptors (Lipinski definition) is 3. The van der Waals surface area contributed by atoms with Crippen LogP contribution in [0.2, 0.25) is 0 Å². The summed E-state index contributed by atoms with van der Waals surface area (Å²) in [5, 5.41) is 19.7. The molecule has 0 unspecified atom stereocenters. The Morgan fingerprint density at radius 1 is 1.08 bits per heavy atom. The summed E-state index contributed by atoms with van der Waals surface area (Å²) >= 11 is 0. The van der Waals surface area contributed by atoms with Crippen molar-refractivity contribution < 1.29 is 0 Å². The molecule has 1 N–H and O–H groups in total. The molecule has 0 amide bonds. The van der Waals surface area contributed by atoms with Gasteiger partial charge in [-0.05, 0) is 17.7 Å². The van der Waals surface area contributed by atoms with Gasteiger partial charge in [0.1, 0.15) is 6.54 Å². The predicted molar refractivity (Wildman–Crippen MR) is 49.9 cm³/mol. The number of benzene rings is 1. The molecule has 3 nitrogen and oxygen atoms in total. The number of rotatable bonds is 3. The first-order valence-electron chi connectivity index (χ1n) is 3.93. The minimum atomic E-state index is 0.303. The maximum atomic E-state index is 8.42. The van der Waals surface area contributed by atoms with E-state index in [0.29, 0.717) is 13.0 Å². The van der Waals surface area contributed by atoms with Crippen molar-refractivity contribution in [3.8, 4) is 12.1 Å². The molecule has 0 aromatic heterocycles. The SMILES string of the molecule is N#CCNc1ccc(CC#N)cc1. The van der Waals surface area contributed by atoms with E-state index in [4.69, 9.17) is 10.5 Å². The van der Waals surface area contributed by atoms with Gasteiger partial charge in [-0.15, -0.1) is 0 Å². The van der Waals surface area contributed by atoms with Crippen LogP contribution in [0.4, 0.5) is 5.69 Å². The van der Waals surface area contributed by atoms with Gasteiger partial charge in [-0.25, -0.2) is 0 Å². The van der Waals surface area contributed by atoms with Crippen molar-refractivity contribution in [3.05, 3.63) is 29.8 Å². The average Bonchev–Trinajstić information content (AvgIpc) is 2.17. The summed E-state index contributed by atoms with van der Waals surface area (Å²) in [7, 11) is 0. The van der Waals surface area contributed by atoms with E-state index in [-0.39, 0.29) is 0 Å². The maximum absolute atomic E-state index is 8.42. The molecular weight excluding hydrogens is 162 g/mol. The van der Waals surface area contributed by atoms with Crippen LogP contribution < -0.4 is 5.32 Å². The predicted octanol–water partition coefficient (Wildman–Crippen LogP) is 1.69. The first-order chi connectivity index (χ1) is 6.36. The highest BCUT2D eigenvalue weighted by molar-refractivity contribution is 5.45. The Morgan fingerprint density at radius 3 is 2.31 bits per heavy atom. The van der Waals surface area contributed by atoms with E-state index in [1.165, 1.54) is 0 Å². The summed E-state index contributed by atoms with van der Waals surface area (Å²) in [6.45, 7) is 0.303. The van der Waals surface area contributed by atoms with Gasteiger partial charge >= 0.3 is 0 Å². The highest BCUT2D eigenvalue weighted by Gasteiger charge is 1.92. The lowest BCUT2D eigenvalue weighted by Gasteiger charge is -2.01. The van der Waals surface area contributed by atoms with E-state index in [1.807, 2.05) is 30.3 Å². The quantitative estimate of drug-likeness (QED) is 0.704. The van der Waals surface area contributed by atoms with E-state index in [9.17, 15) is 0 Å². The van der Waals surface area contributed by atoms with Crippen LogP contribution in [0.25, 0.3) is 0 Å². The highest BCUT2D eigenvalue weighted by Crippen LogP contribution is 2.08. The fraction of sp³-hybridized carbons (Fsp3) is 0.200. The van der Waals surface area contributed by atoms with Gasteiger partial charge in [-0.3, -0.25) is 0 Å². The zero-order valence-corrected chi connectivity index (χ0v) is 7.12. The summed E-state index contributed by atoms with van der Waals surface area (Å²) in [4.78, 5) is 0. The lowest BCUT2D eigenvalue weighted by atomic mass is 10.1. The van der Waals surface area contributed by atoms with Crippen LogP contribution in [0.1, 0.15) is 5.56 Å². The monoisotopic (exact) mass is 171 g/mol. The second-order valence-electron chi connectivity index (χ2n) is 2.54. The molecule has 1 aromatic rings. The third kappa shape index (κ3) is 2.84. The molecule has 0 saturated heterocycles. The average molecular weight is 171 g/mol. The number of hydrogen-bond donors (Lipinski definition) is 1. The van der Waals surface area contributed by atoms with Crippen molar-refractivity contribution in [2.45, 2.75) is 6.42 Å². The van der Waals surface area contributed by atoms with Crippen molar-refractivity contribution in [1.29, 1.82) is 10.5 Å². The number of nitrogens with zero attached hydrogens (tertiary/aromatic N) is 2. The van der Waals surface area contributed by atoms with Gasteiger partial charge in [-0.2, -0.15) is 10.5 Å². The zero-order valence-electron chi connectivity index (χ0n) is 7.12. The normalized spacial score (nSPS) is 8.46. The minimum absolute atomic E-state index is 0.303. The van der Waals surface area contributed by atoms with Gasteiger partial charge < -0.3 is 5.32 Å². The third-order valence-electron chi connectivity index (χ3n) is 1.61. The van der Waals surface area contributed by atoms with E-state index in [0.717, 1.165) is 11.3 Å². The molecule has 0 saturated carbocycles. The Morgan fingerprint density at radius 2 is 1.77 bits per heavy atom. The van der Waals surface area contributed by atoms with Gasteiger partial charge in [0.25, 0.3) is 0 Å². The lowest BCUT2D eigenvalue weighted by molar-refractivity contribution is 1.25. The topological polar surface area (TPSA) is 59.6 Å². The Bertz CT molecular complexity index is 340. The Kier molecular flexibility index (Phi) is 3.35. The molecule has 0 spiro atoms. The van der Waals surface area contributed by atoms with E-state index < -0.39 is 0 Å². The Balaban J connectivity index is 2.61. The van der Waals surface area contributed by atoms with Crippen LogP contribution in [0.15, 0.2) is 24.3 Å². The van der Waals surface area contributed by atoms with Crippen LogP contribution in [0.5, 0.6) is 0 Å². The van der Waals surface area contributed by atoms with Crippen LogP contribution >= 0.6 is 0 Å². The molecule has 13 heavy (non-hydrogen) atoms. The van der Waals surface area contributed by atoms with Crippen molar-refractivity contribution in [3.63, 3.8) is 0 Å². The molecular formula is C10H9N3. The second-order valence-corrected chi connectivity index (χ2v) is 2.54. The first-order valence-corrected chi connectivity index (χ1v) is 3.93. The Labute approximate surface area is 77.2 Å². The molecule has 0 bridgehead atoms. The van der Waals surface area contributed by atoms with Crippen LogP contribution in [0.3, 0.4) is 0 Å². The highest BCUT2D eigenvalue weighted by atomic mass is 14.9. The first kappa shape index (κ1) is 9.09. The molecule has 3 heteroatoms. The van der Waals surface area contributed by atoms with E-state index in [1.54, 1.807) is 0 Å². The number of nitrogens with one attached hydrogen (secondary N) is 1. The van der Waals surface area contributed by atoms with Crippen LogP contribution in [-0.4, -0.2) is 6.54 Å². The fourth-order valence-corrected chi connectivity index (χ4v) is 0.973. The van der Waals surface area contributed by atoms with Gasteiger partial charge in [0, 0.05) is 5.69 Å². The molecule has 1 rings (SSSR count). The van der Waals surface area contributed by atoms with Gasteiger partial charge in [-0.1, -0.05) is 12.1 Å². The summed E-state index contributed by atoms with van der Waals surface area (Å²) in [5.41, 5.74) is 1.90. The summed E-state index contributed by atoms with van der Waals surface area (Å²) in [6, 6.07) is 11.6. The maximum Gasteiger partial charge on any atom is 0.103 e. The van der Waals surface area contributed by atoms with Crippen LogP contribution in [-0.2, 0) is 6.42 Å². The molecule has 1 aromatic carbocycles. The largest absolute Gasteiger partial charge is 0.372 e. The van der Waals surface area contributed by atoms with Crippen molar-refractivity contribution in [2.75, 3.05) is 11.9 Å². The van der Waals surface area contributed by atoms with Crippen molar-refractivity contribution in [1.82, 2.24) is 0 Å². The molecule has 0 aliphatic carbocycles. The van der Waals surface area contributed by atoms with E-state index in [2.05, 4.69) is 11.4 Å². The molecule has 0 atom stereocenters. The molecule has 0 heterocycles. The lowest BCUT2D eigenvalue weighted by Crippen LogP contribution is -1.97. The fourth-order valence-electron chi connectivity index (χ4n) is 0.973. The minimum Gasteiger partial charge on any atom is -0.372 e. The zero-order chi connectivity index (χ0) is 9.52. The summed E-state index contributed by atoms with van der Waals surface area (Å²) in [6.07, 6.45) is 0.429. The summed E-state index contributed by atoms with van der Waals surface area (Å²) in [5.74, 6) is 0. The van der Waals surface area contributed by atoms with E-state index >= 15 is 0 Å². The molecule has 0 radical (unpaired) electrons.